The number of carbonyl (C=O) groups is 1. The highest BCUT2D eigenvalue weighted by atomic mass is 35.5. The molecule has 0 radical (unpaired) electrons. The molecule has 3 aromatic carbocycles. The van der Waals surface area contributed by atoms with Gasteiger partial charge >= 0.3 is 0 Å². The first kappa shape index (κ1) is 28.9. The number of hydrogen-bond acceptors (Lipinski definition) is 4. The highest BCUT2D eigenvalue weighted by Crippen LogP contribution is 2.39. The molecule has 1 saturated heterocycles. The van der Waals surface area contributed by atoms with Crippen molar-refractivity contribution < 1.29 is 9.90 Å². The van der Waals surface area contributed by atoms with Gasteiger partial charge in [-0.1, -0.05) is 78.5 Å². The highest BCUT2D eigenvalue weighted by Gasteiger charge is 2.30. The van der Waals surface area contributed by atoms with Gasteiger partial charge in [-0.15, -0.1) is 0 Å². The van der Waals surface area contributed by atoms with Crippen LogP contribution in [0, 0.1) is 0 Å². The van der Waals surface area contributed by atoms with Crippen molar-refractivity contribution in [1.29, 1.82) is 0 Å². The molecule has 2 N–H and O–H groups in total. The van der Waals surface area contributed by atoms with Gasteiger partial charge in [-0.05, 0) is 78.8 Å². The molecule has 1 aliphatic heterocycles. The van der Waals surface area contributed by atoms with E-state index in [2.05, 4.69) is 45.5 Å². The molecule has 1 saturated carbocycles. The summed E-state index contributed by atoms with van der Waals surface area (Å²) in [4.78, 5) is 17.9. The number of amides is 1. The fourth-order valence-corrected chi connectivity index (χ4v) is 6.93. The summed E-state index contributed by atoms with van der Waals surface area (Å²) >= 11 is 12.9. The number of rotatable bonds is 7. The maximum atomic E-state index is 13.3. The van der Waals surface area contributed by atoms with Crippen molar-refractivity contribution in [3.05, 3.63) is 111 Å². The lowest BCUT2D eigenvalue weighted by molar-refractivity contribution is 0.0937. The second kappa shape index (κ2) is 12.9. The summed E-state index contributed by atoms with van der Waals surface area (Å²) in [5, 5.41) is 15.6. The molecule has 1 unspecified atom stereocenters. The third kappa shape index (κ3) is 6.24. The molecule has 0 aromatic heterocycles. The number of nitrogens with zero attached hydrogens (tertiary/aromatic N) is 2. The van der Waals surface area contributed by atoms with E-state index in [-0.39, 0.29) is 23.7 Å². The Balaban J connectivity index is 1.33. The summed E-state index contributed by atoms with van der Waals surface area (Å²) in [6.07, 6.45) is 13.1. The number of piperazine rings is 1. The van der Waals surface area contributed by atoms with Crippen LogP contribution in [0.25, 0.3) is 5.57 Å². The van der Waals surface area contributed by atoms with Gasteiger partial charge in [0, 0.05) is 43.3 Å². The van der Waals surface area contributed by atoms with E-state index in [4.69, 9.17) is 23.2 Å². The van der Waals surface area contributed by atoms with E-state index in [0.717, 1.165) is 74.2 Å². The Morgan fingerprint density at radius 1 is 0.929 bits per heavy atom. The van der Waals surface area contributed by atoms with Crippen molar-refractivity contribution in [3.63, 3.8) is 0 Å². The van der Waals surface area contributed by atoms with Gasteiger partial charge in [0.15, 0.2) is 0 Å². The van der Waals surface area contributed by atoms with Gasteiger partial charge in [-0.2, -0.15) is 0 Å². The number of hydrogen-bond donors (Lipinski definition) is 2. The standard InChI is InChI=1S/C35H37Cl2N3O2/c36-30-14-7-15-31(33(30)37)39-18-20-40(21-19-39)34(29-23-25(16-17-32(29)41)24-8-2-1-3-9-24)26-10-6-11-27(22-26)35(42)38-28-12-4-5-13-28/h2,6-11,14-17,22-23,28,34,41H,1,3-5,12-13,18-21H2,(H,38,42). The molecule has 2 fully saturated rings. The monoisotopic (exact) mass is 601 g/mol. The Kier molecular flexibility index (Phi) is 8.89. The van der Waals surface area contributed by atoms with E-state index in [1.54, 1.807) is 6.07 Å². The minimum absolute atomic E-state index is 0.0293. The van der Waals surface area contributed by atoms with Gasteiger partial charge < -0.3 is 15.3 Å². The van der Waals surface area contributed by atoms with Crippen LogP contribution in [0.4, 0.5) is 5.69 Å². The number of allylic oxidation sites excluding steroid dienone is 4. The quantitative estimate of drug-likeness (QED) is 0.288. The second-order valence-corrected chi connectivity index (χ2v) is 12.3. The van der Waals surface area contributed by atoms with Gasteiger partial charge in [0.05, 0.1) is 21.8 Å². The Hall–Kier alpha value is -3.25. The number of benzene rings is 3. The van der Waals surface area contributed by atoms with Crippen LogP contribution in [0.5, 0.6) is 5.75 Å². The van der Waals surface area contributed by atoms with Gasteiger partial charge in [0.2, 0.25) is 0 Å². The van der Waals surface area contributed by atoms with E-state index in [0.29, 0.717) is 15.6 Å². The molecule has 6 rings (SSSR count). The predicted octanol–water partition coefficient (Wildman–Crippen LogP) is 8.02. The summed E-state index contributed by atoms with van der Waals surface area (Å²) in [5.41, 5.74) is 5.68. The molecule has 5 nitrogen and oxygen atoms in total. The van der Waals surface area contributed by atoms with Crippen LogP contribution < -0.4 is 10.2 Å². The van der Waals surface area contributed by atoms with Crippen LogP contribution >= 0.6 is 23.2 Å². The maximum Gasteiger partial charge on any atom is 0.251 e. The smallest absolute Gasteiger partial charge is 0.251 e. The van der Waals surface area contributed by atoms with Crippen LogP contribution in [0.2, 0.25) is 10.0 Å². The maximum absolute atomic E-state index is 13.3. The number of phenolic OH excluding ortho intramolecular Hbond substituents is 1. The van der Waals surface area contributed by atoms with Crippen molar-refractivity contribution >= 4 is 40.4 Å². The molecule has 3 aromatic rings. The Morgan fingerprint density at radius 2 is 1.71 bits per heavy atom. The lowest BCUT2D eigenvalue weighted by Gasteiger charge is -2.41. The molecule has 2 aliphatic carbocycles. The number of aromatic hydroxyl groups is 1. The molecular weight excluding hydrogens is 565 g/mol. The first-order valence-electron chi connectivity index (χ1n) is 15.0. The summed E-state index contributed by atoms with van der Waals surface area (Å²) < 4.78 is 0. The van der Waals surface area contributed by atoms with Gasteiger partial charge in [-0.3, -0.25) is 9.69 Å². The normalized spacial score (nSPS) is 18.6. The lowest BCUT2D eigenvalue weighted by Crippen LogP contribution is -2.48. The zero-order valence-electron chi connectivity index (χ0n) is 23.7. The van der Waals surface area contributed by atoms with Crippen molar-refractivity contribution in [1.82, 2.24) is 10.2 Å². The van der Waals surface area contributed by atoms with Gasteiger partial charge in [-0.25, -0.2) is 0 Å². The van der Waals surface area contributed by atoms with Crippen molar-refractivity contribution in [2.75, 3.05) is 31.1 Å². The zero-order valence-corrected chi connectivity index (χ0v) is 25.2. The summed E-state index contributed by atoms with van der Waals surface area (Å²) in [7, 11) is 0. The first-order chi connectivity index (χ1) is 20.5. The zero-order chi connectivity index (χ0) is 29.1. The highest BCUT2D eigenvalue weighted by molar-refractivity contribution is 6.43. The lowest BCUT2D eigenvalue weighted by atomic mass is 9.90. The van der Waals surface area contributed by atoms with E-state index in [9.17, 15) is 9.90 Å². The molecule has 1 atom stereocenters. The third-order valence-corrected chi connectivity index (χ3v) is 9.57. The van der Waals surface area contributed by atoms with Crippen LogP contribution in [-0.4, -0.2) is 48.1 Å². The Morgan fingerprint density at radius 3 is 2.48 bits per heavy atom. The fraction of sp³-hybridized carbons (Fsp3) is 0.343. The van der Waals surface area contributed by atoms with E-state index >= 15 is 0 Å². The number of anilines is 1. The summed E-state index contributed by atoms with van der Waals surface area (Å²) in [5.74, 6) is 0.226. The SMILES string of the molecule is O=C(NC1CCCC1)c1cccc(C(c2cc(C3=CCCC=C3)ccc2O)N2CCN(c3cccc(Cl)c3Cl)CC2)c1. The average Bonchev–Trinajstić information content (AvgIpc) is 3.54. The third-order valence-electron chi connectivity index (χ3n) is 8.76. The van der Waals surface area contributed by atoms with Crippen LogP contribution in [-0.2, 0) is 0 Å². The fourth-order valence-electron chi connectivity index (χ4n) is 6.51. The minimum Gasteiger partial charge on any atom is -0.508 e. The first-order valence-corrected chi connectivity index (χ1v) is 15.8. The van der Waals surface area contributed by atoms with E-state index in [1.807, 2.05) is 42.5 Å². The molecule has 0 bridgehead atoms. The molecular formula is C35H37Cl2N3O2. The van der Waals surface area contributed by atoms with Crippen molar-refractivity contribution in [2.45, 2.75) is 50.6 Å². The Labute approximate surface area is 258 Å². The van der Waals surface area contributed by atoms with Crippen molar-refractivity contribution in [3.8, 4) is 5.75 Å². The number of nitrogens with one attached hydrogen (secondary N) is 1. The molecule has 42 heavy (non-hydrogen) atoms. The largest absolute Gasteiger partial charge is 0.508 e. The molecule has 218 valence electrons. The number of phenols is 1. The molecule has 1 amide bonds. The molecule has 0 spiro atoms. The molecule has 1 heterocycles. The van der Waals surface area contributed by atoms with Crippen LogP contribution in [0.1, 0.15) is 71.6 Å². The molecule has 7 heteroatoms. The number of carbonyl (C=O) groups excluding carboxylic acids is 1. The topological polar surface area (TPSA) is 55.8 Å². The van der Waals surface area contributed by atoms with E-state index in [1.165, 1.54) is 18.4 Å². The van der Waals surface area contributed by atoms with E-state index < -0.39 is 0 Å². The summed E-state index contributed by atoms with van der Waals surface area (Å²) in [6.45, 7) is 3.01. The minimum atomic E-state index is -0.227. The van der Waals surface area contributed by atoms with Crippen molar-refractivity contribution in [2.24, 2.45) is 0 Å². The Bertz CT molecular complexity index is 1500. The molecule has 3 aliphatic rings. The second-order valence-electron chi connectivity index (χ2n) is 11.5. The summed E-state index contributed by atoms with van der Waals surface area (Å²) in [6, 6.07) is 19.6. The average molecular weight is 603 g/mol. The predicted molar refractivity (Wildman–Crippen MR) is 173 cm³/mol. The number of halogens is 2. The van der Waals surface area contributed by atoms with Crippen LogP contribution in [0.3, 0.4) is 0 Å². The van der Waals surface area contributed by atoms with Gasteiger partial charge in [0.25, 0.3) is 5.91 Å². The van der Waals surface area contributed by atoms with Crippen LogP contribution in [0.15, 0.2) is 78.9 Å². The van der Waals surface area contributed by atoms with Gasteiger partial charge in [0.1, 0.15) is 5.75 Å².